The Morgan fingerprint density at radius 3 is 2.69 bits per heavy atom. The van der Waals surface area contributed by atoms with E-state index in [2.05, 4.69) is 41.4 Å². The highest BCUT2D eigenvalue weighted by Gasteiger charge is 2.25. The van der Waals surface area contributed by atoms with Crippen LogP contribution in [0.4, 0.5) is 0 Å². The summed E-state index contributed by atoms with van der Waals surface area (Å²) in [5.74, 6) is 1.63. The number of allylic oxidation sites excluding steroid dienone is 4. The molecule has 0 saturated heterocycles. The molecule has 3 aromatic rings. The molecule has 3 atom stereocenters. The van der Waals surface area contributed by atoms with Gasteiger partial charge >= 0.3 is 0 Å². The predicted molar refractivity (Wildman–Crippen MR) is 127 cm³/mol. The fourth-order valence-corrected chi connectivity index (χ4v) is 4.49. The van der Waals surface area contributed by atoms with Crippen molar-refractivity contribution in [1.82, 2.24) is 19.6 Å². The quantitative estimate of drug-likeness (QED) is 0.553. The number of nitrogens with one attached hydrogen (secondary N) is 1. The van der Waals surface area contributed by atoms with Gasteiger partial charge in [-0.3, -0.25) is 4.79 Å². The monoisotopic (exact) mass is 432 g/mol. The third-order valence-electron chi connectivity index (χ3n) is 6.31. The topological polar surface area (TPSA) is 83.3 Å². The van der Waals surface area contributed by atoms with E-state index in [0.29, 0.717) is 35.2 Å². The van der Waals surface area contributed by atoms with Crippen molar-refractivity contribution < 1.29 is 5.11 Å². The fourth-order valence-electron chi connectivity index (χ4n) is 4.49. The average molecular weight is 433 g/mol. The normalized spacial score (nSPS) is 17.7. The summed E-state index contributed by atoms with van der Waals surface area (Å²) in [6.45, 7) is 5.67. The zero-order valence-electron chi connectivity index (χ0n) is 19.1. The van der Waals surface area contributed by atoms with Crippen LogP contribution in [0, 0.1) is 19.8 Å². The summed E-state index contributed by atoms with van der Waals surface area (Å²) in [6, 6.07) is 8.21. The number of hydrogen-bond donors (Lipinski definition) is 2. The van der Waals surface area contributed by atoms with Crippen LogP contribution in [-0.2, 0) is 6.42 Å². The van der Waals surface area contributed by atoms with Gasteiger partial charge in [-0.1, -0.05) is 60.6 Å². The zero-order chi connectivity index (χ0) is 22.7. The summed E-state index contributed by atoms with van der Waals surface area (Å²) in [7, 11) is 0. The van der Waals surface area contributed by atoms with Crippen molar-refractivity contribution in [3.05, 3.63) is 87.4 Å². The molecule has 0 amide bonds. The van der Waals surface area contributed by atoms with Gasteiger partial charge in [0.05, 0.1) is 11.8 Å². The molecule has 0 spiro atoms. The molecule has 2 N–H and O–H groups in total. The van der Waals surface area contributed by atoms with Gasteiger partial charge in [-0.25, -0.2) is 9.50 Å². The van der Waals surface area contributed by atoms with Crippen LogP contribution in [0.25, 0.3) is 5.52 Å². The van der Waals surface area contributed by atoms with Gasteiger partial charge in [0.25, 0.3) is 5.56 Å². The van der Waals surface area contributed by atoms with Crippen LogP contribution in [0.5, 0.6) is 0 Å². The molecule has 0 aliphatic heterocycles. The van der Waals surface area contributed by atoms with Gasteiger partial charge in [-0.15, -0.1) is 0 Å². The van der Waals surface area contributed by atoms with E-state index >= 15 is 0 Å². The number of fused-ring (bicyclic) bond motifs is 1. The number of hydrogen-bond acceptors (Lipinski definition) is 4. The minimum absolute atomic E-state index is 0.180. The van der Waals surface area contributed by atoms with Crippen molar-refractivity contribution in [3.63, 3.8) is 0 Å². The van der Waals surface area contributed by atoms with E-state index in [0.717, 1.165) is 31.2 Å². The summed E-state index contributed by atoms with van der Waals surface area (Å²) in [6.07, 6.45) is 12.5. The fraction of sp³-hybridized carbons (Fsp3) is 0.423. The summed E-state index contributed by atoms with van der Waals surface area (Å²) >= 11 is 0. The maximum Gasteiger partial charge on any atom is 0.277 e. The van der Waals surface area contributed by atoms with E-state index in [9.17, 15) is 9.90 Å². The lowest BCUT2D eigenvalue weighted by Gasteiger charge is -2.20. The van der Waals surface area contributed by atoms with Crippen LogP contribution < -0.4 is 5.56 Å². The van der Waals surface area contributed by atoms with Gasteiger partial charge in [0.15, 0.2) is 5.52 Å². The molecule has 0 radical (unpaired) electrons. The molecule has 168 valence electrons. The van der Waals surface area contributed by atoms with Crippen molar-refractivity contribution >= 4 is 5.52 Å². The third kappa shape index (κ3) is 4.91. The molecule has 1 aromatic carbocycles. The van der Waals surface area contributed by atoms with Gasteiger partial charge in [-0.05, 0) is 51.5 Å². The van der Waals surface area contributed by atoms with Crippen LogP contribution in [-0.4, -0.2) is 30.8 Å². The first-order valence-electron chi connectivity index (χ1n) is 11.5. The van der Waals surface area contributed by atoms with Crippen molar-refractivity contribution in [1.29, 1.82) is 0 Å². The highest BCUT2D eigenvalue weighted by atomic mass is 16.3. The van der Waals surface area contributed by atoms with Crippen LogP contribution >= 0.6 is 0 Å². The number of H-pyrrole nitrogens is 1. The van der Waals surface area contributed by atoms with Crippen molar-refractivity contribution in [2.45, 2.75) is 64.9 Å². The lowest BCUT2D eigenvalue weighted by molar-refractivity contribution is 0.150. The number of aliphatic hydroxyl groups excluding tert-OH is 1. The van der Waals surface area contributed by atoms with Crippen molar-refractivity contribution in [2.24, 2.45) is 5.92 Å². The van der Waals surface area contributed by atoms with E-state index in [1.807, 2.05) is 26.0 Å². The highest BCUT2D eigenvalue weighted by Crippen LogP contribution is 2.28. The summed E-state index contributed by atoms with van der Waals surface area (Å²) in [5.41, 5.74) is 3.18. The van der Waals surface area contributed by atoms with Gasteiger partial charge in [0.1, 0.15) is 11.6 Å². The maximum absolute atomic E-state index is 12.9. The Bertz CT molecular complexity index is 1180. The third-order valence-corrected chi connectivity index (χ3v) is 6.31. The highest BCUT2D eigenvalue weighted by molar-refractivity contribution is 5.50. The Balaban J connectivity index is 1.61. The molecule has 1 aliphatic carbocycles. The van der Waals surface area contributed by atoms with Crippen molar-refractivity contribution in [2.75, 3.05) is 0 Å². The molecule has 32 heavy (non-hydrogen) atoms. The minimum atomic E-state index is -0.580. The second-order valence-electron chi connectivity index (χ2n) is 8.97. The van der Waals surface area contributed by atoms with Crippen LogP contribution in [0.1, 0.15) is 67.0 Å². The Hall–Kier alpha value is -2.99. The van der Waals surface area contributed by atoms with E-state index in [1.54, 1.807) is 11.4 Å². The van der Waals surface area contributed by atoms with E-state index < -0.39 is 6.10 Å². The number of rotatable bonds is 8. The standard InChI is InChI=1S/C26H32N4O2/c1-17-12-14-21(15-13-17)16-23-28-26(32)24-18(2)27-25(30(24)29-23)22(19(3)31)11-7-10-20-8-5-4-6-9-20/h4-6,8,12-15,19-20,22,31H,7,9-11,16H2,1-3H3,(H,28,29,32). The molecule has 6 heteroatoms. The number of aliphatic hydroxyl groups is 1. The van der Waals surface area contributed by atoms with Crippen LogP contribution in [0.15, 0.2) is 53.4 Å². The van der Waals surface area contributed by atoms with E-state index in [4.69, 9.17) is 10.1 Å². The number of benzene rings is 1. The molecule has 0 fully saturated rings. The lowest BCUT2D eigenvalue weighted by atomic mass is 9.90. The molecule has 4 rings (SSSR count). The molecular formula is C26H32N4O2. The first kappa shape index (κ1) is 22.2. The first-order valence-corrected chi connectivity index (χ1v) is 11.5. The van der Waals surface area contributed by atoms with Crippen LogP contribution in [0.2, 0.25) is 0 Å². The largest absolute Gasteiger partial charge is 0.393 e. The molecular weight excluding hydrogens is 400 g/mol. The SMILES string of the molecule is Cc1ccc(Cc2nn3c(C(CCCC4C=CC=CC4)C(C)O)nc(C)c3c(=O)[nH]2)cc1. The van der Waals surface area contributed by atoms with E-state index in [1.165, 1.54) is 5.56 Å². The Morgan fingerprint density at radius 2 is 2.00 bits per heavy atom. The molecule has 0 saturated carbocycles. The Morgan fingerprint density at radius 1 is 1.22 bits per heavy atom. The average Bonchev–Trinajstić information content (AvgIpc) is 3.09. The summed E-state index contributed by atoms with van der Waals surface area (Å²) in [5, 5.41) is 15.3. The minimum Gasteiger partial charge on any atom is -0.393 e. The number of aromatic nitrogens is 4. The van der Waals surface area contributed by atoms with E-state index in [-0.39, 0.29) is 11.5 Å². The molecule has 3 unspecified atom stereocenters. The molecule has 2 aromatic heterocycles. The van der Waals surface area contributed by atoms with Gasteiger partial charge < -0.3 is 10.1 Å². The molecule has 6 nitrogen and oxygen atoms in total. The van der Waals surface area contributed by atoms with Gasteiger partial charge in [-0.2, -0.15) is 5.10 Å². The second kappa shape index (κ2) is 9.65. The zero-order valence-corrected chi connectivity index (χ0v) is 19.1. The Labute approximate surface area is 188 Å². The molecule has 0 bridgehead atoms. The van der Waals surface area contributed by atoms with Crippen LogP contribution in [0.3, 0.4) is 0 Å². The number of aromatic amines is 1. The van der Waals surface area contributed by atoms with Gasteiger partial charge in [0.2, 0.25) is 0 Å². The lowest BCUT2D eigenvalue weighted by Crippen LogP contribution is -2.22. The second-order valence-corrected chi connectivity index (χ2v) is 8.97. The predicted octanol–water partition coefficient (Wildman–Crippen LogP) is 4.39. The summed E-state index contributed by atoms with van der Waals surface area (Å²) in [4.78, 5) is 20.5. The van der Waals surface area contributed by atoms with Gasteiger partial charge in [0, 0.05) is 12.3 Å². The number of imidazole rings is 1. The van der Waals surface area contributed by atoms with Crippen molar-refractivity contribution in [3.8, 4) is 0 Å². The smallest absolute Gasteiger partial charge is 0.277 e. The molecule has 2 heterocycles. The number of nitrogens with zero attached hydrogens (tertiary/aromatic N) is 3. The number of aryl methyl sites for hydroxylation is 2. The maximum atomic E-state index is 12.9. The Kier molecular flexibility index (Phi) is 6.70. The summed E-state index contributed by atoms with van der Waals surface area (Å²) < 4.78 is 1.67. The molecule has 1 aliphatic rings. The first-order chi connectivity index (χ1) is 15.4.